The van der Waals surface area contributed by atoms with Gasteiger partial charge in [-0.15, -0.1) is 0 Å². The molecule has 1 amide bonds. The number of amides is 1. The molecule has 0 bridgehead atoms. The van der Waals surface area contributed by atoms with E-state index in [1.54, 1.807) is 24.3 Å². The predicted molar refractivity (Wildman–Crippen MR) is 106 cm³/mol. The SMILES string of the molecule is COC(=O)[C@H](Cc1ccc(C(=O)OC(C)(C)C)cc1)NC(=O)C1CCCCC1. The highest BCUT2D eigenvalue weighted by atomic mass is 16.6. The Hall–Kier alpha value is -2.37. The summed E-state index contributed by atoms with van der Waals surface area (Å²) in [5.74, 6) is -0.981. The highest BCUT2D eigenvalue weighted by Gasteiger charge is 2.27. The van der Waals surface area contributed by atoms with E-state index in [2.05, 4.69) is 5.32 Å². The molecule has 0 radical (unpaired) electrons. The number of methoxy groups -OCH3 is 1. The maximum absolute atomic E-state index is 12.5. The minimum Gasteiger partial charge on any atom is -0.467 e. The van der Waals surface area contributed by atoms with Crippen LogP contribution in [0.15, 0.2) is 24.3 Å². The van der Waals surface area contributed by atoms with Crippen LogP contribution in [0.1, 0.15) is 68.8 Å². The number of esters is 2. The van der Waals surface area contributed by atoms with Crippen LogP contribution in [-0.4, -0.2) is 36.6 Å². The van der Waals surface area contributed by atoms with Gasteiger partial charge < -0.3 is 14.8 Å². The fourth-order valence-corrected chi connectivity index (χ4v) is 3.34. The lowest BCUT2D eigenvalue weighted by Gasteiger charge is -2.24. The second kappa shape index (κ2) is 9.71. The molecule has 1 fully saturated rings. The molecule has 1 saturated carbocycles. The molecule has 1 aliphatic carbocycles. The molecule has 0 heterocycles. The Bertz CT molecular complexity index is 684. The molecule has 6 nitrogen and oxygen atoms in total. The average molecular weight is 389 g/mol. The van der Waals surface area contributed by atoms with Crippen molar-refractivity contribution in [3.05, 3.63) is 35.4 Å². The van der Waals surface area contributed by atoms with E-state index < -0.39 is 23.6 Å². The number of hydrogen-bond donors (Lipinski definition) is 1. The molecule has 28 heavy (non-hydrogen) atoms. The molecule has 0 unspecified atom stereocenters. The van der Waals surface area contributed by atoms with Gasteiger partial charge in [0.15, 0.2) is 0 Å². The van der Waals surface area contributed by atoms with Crippen LogP contribution in [0.5, 0.6) is 0 Å². The molecule has 2 rings (SSSR count). The summed E-state index contributed by atoms with van der Waals surface area (Å²) >= 11 is 0. The fraction of sp³-hybridized carbons (Fsp3) is 0.591. The smallest absolute Gasteiger partial charge is 0.338 e. The van der Waals surface area contributed by atoms with Crippen LogP contribution in [0, 0.1) is 5.92 Å². The summed E-state index contributed by atoms with van der Waals surface area (Å²) in [6.07, 6.45) is 5.29. The molecule has 1 aliphatic rings. The van der Waals surface area contributed by atoms with E-state index in [9.17, 15) is 14.4 Å². The standard InChI is InChI=1S/C22H31NO5/c1-22(2,3)28-20(25)17-12-10-15(11-13-17)14-18(21(26)27-4)23-19(24)16-8-6-5-7-9-16/h10-13,16,18H,5-9,14H2,1-4H3,(H,23,24)/t18-/m0/s1. The van der Waals surface area contributed by atoms with Gasteiger partial charge in [-0.1, -0.05) is 31.4 Å². The first-order chi connectivity index (χ1) is 13.2. The van der Waals surface area contributed by atoms with E-state index in [1.165, 1.54) is 7.11 Å². The summed E-state index contributed by atoms with van der Waals surface area (Å²) in [7, 11) is 1.31. The van der Waals surface area contributed by atoms with Crippen molar-refractivity contribution in [2.45, 2.75) is 70.9 Å². The molecule has 6 heteroatoms. The van der Waals surface area contributed by atoms with E-state index in [1.807, 2.05) is 20.8 Å². The van der Waals surface area contributed by atoms with Crippen molar-refractivity contribution in [3.8, 4) is 0 Å². The predicted octanol–water partition coefficient (Wildman–Crippen LogP) is 3.42. The summed E-state index contributed by atoms with van der Waals surface area (Å²) in [6.45, 7) is 5.44. The van der Waals surface area contributed by atoms with Crippen LogP contribution in [0.3, 0.4) is 0 Å². The first-order valence-electron chi connectivity index (χ1n) is 9.90. The number of carbonyl (C=O) groups excluding carboxylic acids is 3. The van der Waals surface area contributed by atoms with Gasteiger partial charge >= 0.3 is 11.9 Å². The average Bonchev–Trinajstić information content (AvgIpc) is 2.66. The largest absolute Gasteiger partial charge is 0.467 e. The minimum absolute atomic E-state index is 0.0320. The Labute approximate surface area is 167 Å². The maximum atomic E-state index is 12.5. The van der Waals surface area contributed by atoms with Crippen molar-refractivity contribution in [3.63, 3.8) is 0 Å². The third kappa shape index (κ3) is 6.66. The van der Waals surface area contributed by atoms with Crippen LogP contribution >= 0.6 is 0 Å². The Kier molecular flexibility index (Phi) is 7.61. The van der Waals surface area contributed by atoms with Crippen molar-refractivity contribution in [2.24, 2.45) is 5.92 Å². The van der Waals surface area contributed by atoms with Crippen molar-refractivity contribution in [1.82, 2.24) is 5.32 Å². The van der Waals surface area contributed by atoms with Gasteiger partial charge in [-0.3, -0.25) is 4.79 Å². The Morgan fingerprint density at radius 2 is 1.68 bits per heavy atom. The van der Waals surface area contributed by atoms with Crippen LogP contribution in [0.25, 0.3) is 0 Å². The van der Waals surface area contributed by atoms with E-state index in [4.69, 9.17) is 9.47 Å². The number of ether oxygens (including phenoxy) is 2. The van der Waals surface area contributed by atoms with Crippen LogP contribution in [0.2, 0.25) is 0 Å². The van der Waals surface area contributed by atoms with Crippen molar-refractivity contribution < 1.29 is 23.9 Å². The number of rotatable bonds is 6. The maximum Gasteiger partial charge on any atom is 0.338 e. The Balaban J connectivity index is 2.02. The zero-order valence-electron chi connectivity index (χ0n) is 17.2. The monoisotopic (exact) mass is 389 g/mol. The lowest BCUT2D eigenvalue weighted by molar-refractivity contribution is -0.145. The van der Waals surface area contributed by atoms with Gasteiger partial charge in [0.05, 0.1) is 12.7 Å². The van der Waals surface area contributed by atoms with E-state index in [-0.39, 0.29) is 11.8 Å². The second-order valence-electron chi connectivity index (χ2n) is 8.32. The normalized spacial score (nSPS) is 16.1. The lowest BCUT2D eigenvalue weighted by atomic mass is 9.88. The van der Waals surface area contributed by atoms with E-state index in [0.717, 1.165) is 37.7 Å². The topological polar surface area (TPSA) is 81.7 Å². The lowest BCUT2D eigenvalue weighted by Crippen LogP contribution is -2.45. The van der Waals surface area contributed by atoms with Gasteiger partial charge in [0.2, 0.25) is 5.91 Å². The molecular weight excluding hydrogens is 358 g/mol. The van der Waals surface area contributed by atoms with Gasteiger partial charge in [-0.25, -0.2) is 9.59 Å². The van der Waals surface area contributed by atoms with Crippen LogP contribution < -0.4 is 5.32 Å². The Morgan fingerprint density at radius 3 is 2.21 bits per heavy atom. The van der Waals surface area contributed by atoms with E-state index >= 15 is 0 Å². The van der Waals surface area contributed by atoms with Crippen molar-refractivity contribution in [2.75, 3.05) is 7.11 Å². The molecule has 1 aromatic rings. The van der Waals surface area contributed by atoms with Crippen LogP contribution in [-0.2, 0) is 25.5 Å². The zero-order valence-corrected chi connectivity index (χ0v) is 17.2. The summed E-state index contributed by atoms with van der Waals surface area (Å²) in [6, 6.07) is 6.12. The fourth-order valence-electron chi connectivity index (χ4n) is 3.34. The molecule has 0 spiro atoms. The van der Waals surface area contributed by atoms with Crippen molar-refractivity contribution in [1.29, 1.82) is 0 Å². The van der Waals surface area contributed by atoms with Crippen LogP contribution in [0.4, 0.5) is 0 Å². The van der Waals surface area contributed by atoms with E-state index in [0.29, 0.717) is 12.0 Å². The molecule has 0 aromatic heterocycles. The van der Waals surface area contributed by atoms with Gasteiger partial charge in [-0.2, -0.15) is 0 Å². The number of carbonyl (C=O) groups is 3. The molecule has 1 atom stereocenters. The molecule has 1 N–H and O–H groups in total. The second-order valence-corrected chi connectivity index (χ2v) is 8.32. The summed E-state index contributed by atoms with van der Waals surface area (Å²) in [5, 5.41) is 2.85. The third-order valence-electron chi connectivity index (χ3n) is 4.81. The summed E-state index contributed by atoms with van der Waals surface area (Å²) in [5.41, 5.74) is 0.709. The number of benzene rings is 1. The summed E-state index contributed by atoms with van der Waals surface area (Å²) < 4.78 is 10.2. The number of hydrogen-bond acceptors (Lipinski definition) is 5. The number of nitrogens with one attached hydrogen (secondary N) is 1. The van der Waals surface area contributed by atoms with Gasteiger partial charge in [-0.05, 0) is 51.3 Å². The third-order valence-corrected chi connectivity index (χ3v) is 4.81. The first-order valence-corrected chi connectivity index (χ1v) is 9.90. The first kappa shape index (κ1) is 21.9. The highest BCUT2D eigenvalue weighted by Crippen LogP contribution is 2.24. The van der Waals surface area contributed by atoms with Gasteiger partial charge in [0.1, 0.15) is 11.6 Å². The molecule has 1 aromatic carbocycles. The molecular formula is C22H31NO5. The Morgan fingerprint density at radius 1 is 1.07 bits per heavy atom. The van der Waals surface area contributed by atoms with Gasteiger partial charge in [0, 0.05) is 12.3 Å². The molecule has 0 saturated heterocycles. The zero-order chi connectivity index (χ0) is 20.7. The molecule has 154 valence electrons. The van der Waals surface area contributed by atoms with Gasteiger partial charge in [0.25, 0.3) is 0 Å². The summed E-state index contributed by atoms with van der Waals surface area (Å²) in [4.78, 5) is 36.8. The minimum atomic E-state index is -0.744. The molecule has 0 aliphatic heterocycles. The highest BCUT2D eigenvalue weighted by molar-refractivity contribution is 5.90. The quantitative estimate of drug-likeness (QED) is 0.754. The van der Waals surface area contributed by atoms with Crippen molar-refractivity contribution >= 4 is 17.8 Å².